The Morgan fingerprint density at radius 2 is 1.79 bits per heavy atom. The Hall–Kier alpha value is -3.27. The number of halogens is 1. The minimum absolute atomic E-state index is 0.158. The number of carbonyl (C=O) groups is 1. The van der Waals surface area contributed by atoms with Gasteiger partial charge in [0, 0.05) is 0 Å². The number of rotatable bonds is 7. The summed E-state index contributed by atoms with van der Waals surface area (Å²) in [6.07, 6.45) is 0.334. The molecule has 0 spiro atoms. The van der Waals surface area contributed by atoms with Crippen LogP contribution < -0.4 is 10.1 Å². The largest absolute Gasteiger partial charge is 0.497 e. The van der Waals surface area contributed by atoms with Crippen molar-refractivity contribution < 1.29 is 26.8 Å². The SMILES string of the molecule is COc1ccc(Cc2nnc(NC(=O)CS(=O)(=O)c3ccc(F)cc3)o2)cc1. The van der Waals surface area contributed by atoms with Crippen LogP contribution in [-0.4, -0.2) is 37.4 Å². The van der Waals surface area contributed by atoms with Crippen LogP contribution in [0.2, 0.25) is 0 Å². The van der Waals surface area contributed by atoms with E-state index in [2.05, 4.69) is 15.5 Å². The van der Waals surface area contributed by atoms with Gasteiger partial charge in [0.1, 0.15) is 17.3 Å². The van der Waals surface area contributed by atoms with Crippen LogP contribution in [0.1, 0.15) is 11.5 Å². The number of hydrogen-bond acceptors (Lipinski definition) is 7. The van der Waals surface area contributed by atoms with Gasteiger partial charge in [-0.3, -0.25) is 10.1 Å². The van der Waals surface area contributed by atoms with E-state index in [1.807, 2.05) is 12.1 Å². The van der Waals surface area contributed by atoms with Crippen molar-refractivity contribution in [2.24, 2.45) is 0 Å². The summed E-state index contributed by atoms with van der Waals surface area (Å²) in [6.45, 7) is 0. The third-order valence-corrected chi connectivity index (χ3v) is 5.35. The molecule has 2 aromatic carbocycles. The molecule has 0 unspecified atom stereocenters. The van der Waals surface area contributed by atoms with E-state index >= 15 is 0 Å². The van der Waals surface area contributed by atoms with Crippen molar-refractivity contribution in [1.82, 2.24) is 10.2 Å². The van der Waals surface area contributed by atoms with Gasteiger partial charge in [-0.25, -0.2) is 12.8 Å². The lowest BCUT2D eigenvalue weighted by Crippen LogP contribution is -2.23. The van der Waals surface area contributed by atoms with Gasteiger partial charge in [0.05, 0.1) is 18.4 Å². The van der Waals surface area contributed by atoms with E-state index in [4.69, 9.17) is 9.15 Å². The molecule has 0 aliphatic rings. The lowest BCUT2D eigenvalue weighted by molar-refractivity contribution is -0.114. The quantitative estimate of drug-likeness (QED) is 0.600. The zero-order valence-electron chi connectivity index (χ0n) is 14.8. The Labute approximate surface area is 160 Å². The first kappa shape index (κ1) is 19.5. The summed E-state index contributed by atoms with van der Waals surface area (Å²) in [6, 6.07) is 11.2. The summed E-state index contributed by atoms with van der Waals surface area (Å²) in [5.41, 5.74) is 0.890. The fourth-order valence-corrected chi connectivity index (χ4v) is 3.48. The van der Waals surface area contributed by atoms with Gasteiger partial charge in [-0.05, 0) is 42.0 Å². The molecule has 3 aromatic rings. The number of nitrogens with zero attached hydrogens (tertiary/aromatic N) is 2. The molecule has 1 amide bonds. The average molecular weight is 405 g/mol. The molecule has 1 aromatic heterocycles. The van der Waals surface area contributed by atoms with Gasteiger partial charge in [-0.15, -0.1) is 5.10 Å². The highest BCUT2D eigenvalue weighted by atomic mass is 32.2. The molecule has 0 bridgehead atoms. The second-order valence-corrected chi connectivity index (χ2v) is 7.78. The Morgan fingerprint density at radius 3 is 2.43 bits per heavy atom. The van der Waals surface area contributed by atoms with E-state index in [0.29, 0.717) is 12.2 Å². The van der Waals surface area contributed by atoms with Gasteiger partial charge < -0.3 is 9.15 Å². The zero-order valence-corrected chi connectivity index (χ0v) is 15.6. The molecular formula is C18H16FN3O5S. The second-order valence-electron chi connectivity index (χ2n) is 5.79. The van der Waals surface area contributed by atoms with Gasteiger partial charge in [0.2, 0.25) is 11.8 Å². The fraction of sp³-hybridized carbons (Fsp3) is 0.167. The van der Waals surface area contributed by atoms with Crippen molar-refractivity contribution in [1.29, 1.82) is 0 Å². The average Bonchev–Trinajstić information content (AvgIpc) is 3.09. The third-order valence-electron chi connectivity index (χ3n) is 3.72. The second kappa shape index (κ2) is 8.17. The minimum Gasteiger partial charge on any atom is -0.497 e. The van der Waals surface area contributed by atoms with Crippen LogP contribution in [0.15, 0.2) is 57.8 Å². The monoisotopic (exact) mass is 405 g/mol. The molecule has 0 fully saturated rings. The van der Waals surface area contributed by atoms with Crippen LogP contribution in [0.25, 0.3) is 0 Å². The fourth-order valence-electron chi connectivity index (χ4n) is 2.35. The first-order valence-corrected chi connectivity index (χ1v) is 9.74. The molecule has 1 heterocycles. The number of nitrogens with one attached hydrogen (secondary N) is 1. The molecule has 10 heteroatoms. The number of amides is 1. The van der Waals surface area contributed by atoms with Gasteiger partial charge >= 0.3 is 6.01 Å². The van der Waals surface area contributed by atoms with Gasteiger partial charge in [0.15, 0.2) is 9.84 Å². The van der Waals surface area contributed by atoms with Crippen molar-refractivity contribution in [3.8, 4) is 5.75 Å². The maximum atomic E-state index is 12.9. The van der Waals surface area contributed by atoms with E-state index in [1.165, 1.54) is 0 Å². The number of carbonyl (C=O) groups excluding carboxylic acids is 1. The third kappa shape index (κ3) is 4.92. The van der Waals surface area contributed by atoms with E-state index < -0.39 is 27.3 Å². The lowest BCUT2D eigenvalue weighted by atomic mass is 10.1. The van der Waals surface area contributed by atoms with Crippen LogP contribution >= 0.6 is 0 Å². The molecule has 0 saturated heterocycles. The number of hydrogen-bond donors (Lipinski definition) is 1. The summed E-state index contributed by atoms with van der Waals surface area (Å²) in [5.74, 6) is -1.29. The maximum Gasteiger partial charge on any atom is 0.322 e. The van der Waals surface area contributed by atoms with Gasteiger partial charge in [-0.2, -0.15) is 0 Å². The topological polar surface area (TPSA) is 111 Å². The maximum absolute atomic E-state index is 12.9. The normalized spacial score (nSPS) is 11.2. The van der Waals surface area contributed by atoms with Gasteiger partial charge in [-0.1, -0.05) is 17.2 Å². The highest BCUT2D eigenvalue weighted by Crippen LogP contribution is 2.16. The molecule has 8 nitrogen and oxygen atoms in total. The molecule has 3 rings (SSSR count). The molecule has 0 aliphatic carbocycles. The van der Waals surface area contributed by atoms with Crippen LogP contribution in [0.4, 0.5) is 10.4 Å². The van der Waals surface area contributed by atoms with E-state index in [-0.39, 0.29) is 16.8 Å². The summed E-state index contributed by atoms with van der Waals surface area (Å²) in [5, 5.41) is 9.75. The zero-order chi connectivity index (χ0) is 20.1. The molecule has 28 heavy (non-hydrogen) atoms. The Balaban J connectivity index is 1.60. The highest BCUT2D eigenvalue weighted by molar-refractivity contribution is 7.92. The van der Waals surface area contributed by atoms with Crippen molar-refractivity contribution in [2.75, 3.05) is 18.2 Å². The predicted molar refractivity (Wildman–Crippen MR) is 97.2 cm³/mol. The highest BCUT2D eigenvalue weighted by Gasteiger charge is 2.21. The van der Waals surface area contributed by atoms with Crippen molar-refractivity contribution in [3.05, 3.63) is 65.8 Å². The number of anilines is 1. The molecule has 0 atom stereocenters. The van der Waals surface area contributed by atoms with E-state index in [0.717, 1.165) is 29.8 Å². The summed E-state index contributed by atoms with van der Waals surface area (Å²) in [7, 11) is -2.36. The Kier molecular flexibility index (Phi) is 5.69. The van der Waals surface area contributed by atoms with Crippen LogP contribution in [0, 0.1) is 5.82 Å². The number of benzene rings is 2. The first-order chi connectivity index (χ1) is 13.4. The molecule has 1 N–H and O–H groups in total. The van der Waals surface area contributed by atoms with Crippen molar-refractivity contribution in [3.63, 3.8) is 0 Å². The number of ether oxygens (including phenoxy) is 1. The molecule has 146 valence electrons. The van der Waals surface area contributed by atoms with Crippen LogP contribution in [-0.2, 0) is 21.1 Å². The summed E-state index contributed by atoms with van der Waals surface area (Å²) in [4.78, 5) is 11.8. The lowest BCUT2D eigenvalue weighted by Gasteiger charge is -2.04. The van der Waals surface area contributed by atoms with E-state index in [9.17, 15) is 17.6 Å². The van der Waals surface area contributed by atoms with E-state index in [1.54, 1.807) is 19.2 Å². The number of methoxy groups -OCH3 is 1. The van der Waals surface area contributed by atoms with Gasteiger partial charge in [0.25, 0.3) is 0 Å². The molecular weight excluding hydrogens is 389 g/mol. The Morgan fingerprint density at radius 1 is 1.11 bits per heavy atom. The Bertz CT molecular complexity index is 1060. The summed E-state index contributed by atoms with van der Waals surface area (Å²) < 4.78 is 47.7. The standard InChI is InChI=1S/C18H16FN3O5S/c1-26-14-6-2-12(3-7-14)10-17-21-22-18(27-17)20-16(23)11-28(24,25)15-8-4-13(19)5-9-15/h2-9H,10-11H2,1H3,(H,20,22,23). The smallest absolute Gasteiger partial charge is 0.322 e. The molecule has 0 aliphatic heterocycles. The summed E-state index contributed by atoms with van der Waals surface area (Å²) >= 11 is 0. The predicted octanol–water partition coefficient (Wildman–Crippen LogP) is 2.22. The van der Waals surface area contributed by atoms with Crippen molar-refractivity contribution >= 4 is 21.8 Å². The number of aromatic nitrogens is 2. The first-order valence-electron chi connectivity index (χ1n) is 8.09. The van der Waals surface area contributed by atoms with Crippen LogP contribution in [0.5, 0.6) is 5.75 Å². The van der Waals surface area contributed by atoms with Crippen LogP contribution in [0.3, 0.4) is 0 Å². The van der Waals surface area contributed by atoms with Crippen molar-refractivity contribution in [2.45, 2.75) is 11.3 Å². The minimum atomic E-state index is -3.93. The molecule has 0 saturated carbocycles. The number of sulfone groups is 1. The molecule has 0 radical (unpaired) electrons.